The van der Waals surface area contributed by atoms with E-state index in [1.807, 2.05) is 33.0 Å². The third kappa shape index (κ3) is 4.14. The molecule has 2 aromatic heterocycles. The van der Waals surface area contributed by atoms with Crippen LogP contribution in [-0.2, 0) is 20.1 Å². The van der Waals surface area contributed by atoms with Gasteiger partial charge in [-0.25, -0.2) is 9.18 Å². The van der Waals surface area contributed by atoms with Crippen LogP contribution in [0.3, 0.4) is 0 Å². The summed E-state index contributed by atoms with van der Waals surface area (Å²) in [5.41, 5.74) is 4.41. The Kier molecular flexibility index (Phi) is 5.55. The predicted molar refractivity (Wildman–Crippen MR) is 129 cm³/mol. The van der Waals surface area contributed by atoms with Crippen LogP contribution in [0.5, 0.6) is 0 Å². The van der Waals surface area contributed by atoms with Crippen LogP contribution >= 0.6 is 0 Å². The monoisotopic (exact) mass is 475 g/mol. The number of hydrogen-bond acceptors (Lipinski definition) is 4. The quantitative estimate of drug-likeness (QED) is 0.454. The number of rotatable bonds is 5. The lowest BCUT2D eigenvalue weighted by Crippen LogP contribution is -2.46. The van der Waals surface area contributed by atoms with Gasteiger partial charge in [0.05, 0.1) is 36.2 Å². The van der Waals surface area contributed by atoms with Crippen LogP contribution in [0.4, 0.5) is 14.9 Å². The van der Waals surface area contributed by atoms with Crippen LogP contribution in [0.15, 0.2) is 52.9 Å². The van der Waals surface area contributed by atoms with Crippen LogP contribution in [-0.4, -0.2) is 33.7 Å². The fourth-order valence-electron chi connectivity index (χ4n) is 4.49. The van der Waals surface area contributed by atoms with Gasteiger partial charge in [-0.05, 0) is 61.9 Å². The van der Waals surface area contributed by atoms with E-state index in [0.717, 1.165) is 17.0 Å². The van der Waals surface area contributed by atoms with Crippen molar-refractivity contribution in [3.63, 3.8) is 0 Å². The van der Waals surface area contributed by atoms with Crippen molar-refractivity contribution in [1.82, 2.24) is 20.0 Å². The molecule has 1 unspecified atom stereocenters. The Labute approximate surface area is 201 Å². The molecule has 1 atom stereocenters. The molecular formula is C26H26FN5O3. The summed E-state index contributed by atoms with van der Waals surface area (Å²) in [4.78, 5) is 29.6. The van der Waals surface area contributed by atoms with Crippen molar-refractivity contribution < 1.29 is 18.4 Å². The number of carbonyl (C=O) groups is 2. The van der Waals surface area contributed by atoms with Gasteiger partial charge in [0.15, 0.2) is 0 Å². The minimum absolute atomic E-state index is 0.130. The summed E-state index contributed by atoms with van der Waals surface area (Å²) in [6, 6.07) is 13.1. The summed E-state index contributed by atoms with van der Waals surface area (Å²) < 4.78 is 20.9. The second-order valence-electron chi connectivity index (χ2n) is 8.91. The molecule has 9 heteroatoms. The second kappa shape index (κ2) is 8.57. The zero-order chi connectivity index (χ0) is 24.9. The standard InChI is InChI=1S/C26H26FN5O3/c1-15-9-20(31(4)29-15)14-32-23-12-17(5-7-22(23)16(2)30(3)26(32)34)25(33)28-13-21-11-18-10-19(27)6-8-24(18)35-21/h5-12,16H,13-14H2,1-4H3,(H,28,33). The van der Waals surface area contributed by atoms with Crippen molar-refractivity contribution in [2.24, 2.45) is 7.05 Å². The number of nitrogens with one attached hydrogen (secondary N) is 1. The number of fused-ring (bicyclic) bond motifs is 2. The number of aromatic nitrogens is 2. The van der Waals surface area contributed by atoms with Gasteiger partial charge in [-0.1, -0.05) is 6.07 Å². The lowest BCUT2D eigenvalue weighted by atomic mass is 9.98. The molecule has 0 aliphatic carbocycles. The molecule has 0 radical (unpaired) electrons. The summed E-state index contributed by atoms with van der Waals surface area (Å²) in [5.74, 6) is -0.117. The van der Waals surface area contributed by atoms with E-state index >= 15 is 0 Å². The average molecular weight is 476 g/mol. The number of aryl methyl sites for hydroxylation is 2. The van der Waals surface area contributed by atoms with Crippen LogP contribution < -0.4 is 10.2 Å². The van der Waals surface area contributed by atoms with Gasteiger partial charge in [0.1, 0.15) is 17.2 Å². The molecule has 0 saturated heterocycles. The summed E-state index contributed by atoms with van der Waals surface area (Å²) in [6.45, 7) is 4.36. The van der Waals surface area contributed by atoms with Crippen molar-refractivity contribution in [1.29, 1.82) is 0 Å². The van der Waals surface area contributed by atoms with Crippen LogP contribution in [0, 0.1) is 12.7 Å². The molecule has 35 heavy (non-hydrogen) atoms. The van der Waals surface area contributed by atoms with Gasteiger partial charge in [-0.2, -0.15) is 5.10 Å². The third-order valence-corrected chi connectivity index (χ3v) is 6.52. The number of furan rings is 1. The van der Waals surface area contributed by atoms with E-state index in [-0.39, 0.29) is 30.3 Å². The number of benzene rings is 2. The van der Waals surface area contributed by atoms with Crippen molar-refractivity contribution >= 4 is 28.6 Å². The molecule has 3 heterocycles. The number of halogens is 1. The summed E-state index contributed by atoms with van der Waals surface area (Å²) in [6.07, 6.45) is 0. The molecule has 1 aliphatic heterocycles. The van der Waals surface area contributed by atoms with Crippen LogP contribution in [0.25, 0.3) is 11.0 Å². The number of urea groups is 1. The summed E-state index contributed by atoms with van der Waals surface area (Å²) in [5, 5.41) is 7.87. The SMILES string of the molecule is Cc1cc(CN2C(=O)N(C)C(C)c3ccc(C(=O)NCc4cc5cc(F)ccc5o4)cc32)n(C)n1. The highest BCUT2D eigenvalue weighted by Crippen LogP contribution is 2.37. The van der Waals surface area contributed by atoms with Crippen molar-refractivity contribution in [2.75, 3.05) is 11.9 Å². The first kappa shape index (κ1) is 22.6. The highest BCUT2D eigenvalue weighted by molar-refractivity contribution is 5.99. The first-order valence-electron chi connectivity index (χ1n) is 11.3. The van der Waals surface area contributed by atoms with Gasteiger partial charge in [-0.3, -0.25) is 14.4 Å². The van der Waals surface area contributed by atoms with E-state index in [0.29, 0.717) is 34.5 Å². The maximum Gasteiger partial charge on any atom is 0.325 e. The molecule has 8 nitrogen and oxygen atoms in total. The number of amides is 3. The molecular weight excluding hydrogens is 449 g/mol. The van der Waals surface area contributed by atoms with Crippen LogP contribution in [0.1, 0.15) is 46.0 Å². The minimum Gasteiger partial charge on any atom is -0.459 e. The smallest absolute Gasteiger partial charge is 0.325 e. The maximum absolute atomic E-state index is 13.4. The average Bonchev–Trinajstić information content (AvgIpc) is 3.39. The van der Waals surface area contributed by atoms with Gasteiger partial charge in [0.2, 0.25) is 0 Å². The highest BCUT2D eigenvalue weighted by Gasteiger charge is 2.34. The van der Waals surface area contributed by atoms with E-state index in [1.54, 1.807) is 45.8 Å². The fourth-order valence-corrected chi connectivity index (χ4v) is 4.49. The summed E-state index contributed by atoms with van der Waals surface area (Å²) >= 11 is 0. The zero-order valence-electron chi connectivity index (χ0n) is 20.0. The number of carbonyl (C=O) groups excluding carboxylic acids is 2. The van der Waals surface area contributed by atoms with Gasteiger partial charge in [0.25, 0.3) is 5.91 Å². The Morgan fingerprint density at radius 1 is 1.14 bits per heavy atom. The third-order valence-electron chi connectivity index (χ3n) is 6.52. The molecule has 5 rings (SSSR count). The lowest BCUT2D eigenvalue weighted by Gasteiger charge is -2.39. The molecule has 4 aromatic rings. The van der Waals surface area contributed by atoms with Crippen molar-refractivity contribution in [2.45, 2.75) is 33.0 Å². The van der Waals surface area contributed by atoms with Crippen molar-refractivity contribution in [3.8, 4) is 0 Å². The van der Waals surface area contributed by atoms with Crippen molar-refractivity contribution in [3.05, 3.63) is 82.6 Å². The van der Waals surface area contributed by atoms with Gasteiger partial charge < -0.3 is 14.6 Å². The maximum atomic E-state index is 13.4. The predicted octanol–water partition coefficient (Wildman–Crippen LogP) is 4.68. The molecule has 2 aromatic carbocycles. The molecule has 0 spiro atoms. The summed E-state index contributed by atoms with van der Waals surface area (Å²) in [7, 11) is 3.62. The van der Waals surface area contributed by atoms with E-state index < -0.39 is 0 Å². The second-order valence-corrected chi connectivity index (χ2v) is 8.91. The molecule has 0 fully saturated rings. The van der Waals surface area contributed by atoms with E-state index in [1.165, 1.54) is 12.1 Å². The van der Waals surface area contributed by atoms with Gasteiger partial charge in [0, 0.05) is 25.0 Å². The largest absolute Gasteiger partial charge is 0.459 e. The first-order chi connectivity index (χ1) is 16.7. The Balaban J connectivity index is 1.40. The highest BCUT2D eigenvalue weighted by atomic mass is 19.1. The topological polar surface area (TPSA) is 83.6 Å². The number of hydrogen-bond donors (Lipinski definition) is 1. The van der Waals surface area contributed by atoms with Crippen LogP contribution in [0.2, 0.25) is 0 Å². The van der Waals surface area contributed by atoms with E-state index in [9.17, 15) is 14.0 Å². The molecule has 1 N–H and O–H groups in total. The fraction of sp³-hybridized carbons (Fsp3) is 0.269. The molecule has 1 aliphatic rings. The molecule has 0 saturated carbocycles. The Morgan fingerprint density at radius 3 is 2.69 bits per heavy atom. The molecule has 180 valence electrons. The molecule has 0 bridgehead atoms. The van der Waals surface area contributed by atoms with Gasteiger partial charge >= 0.3 is 6.03 Å². The normalized spacial score (nSPS) is 15.6. The van der Waals surface area contributed by atoms with E-state index in [2.05, 4.69) is 10.4 Å². The molecule has 3 amide bonds. The van der Waals surface area contributed by atoms with E-state index in [4.69, 9.17) is 4.42 Å². The Bertz CT molecular complexity index is 1460. The lowest BCUT2D eigenvalue weighted by molar-refractivity contribution is 0.0948. The Hall–Kier alpha value is -4.14. The Morgan fingerprint density at radius 2 is 1.94 bits per heavy atom. The van der Waals surface area contributed by atoms with Gasteiger partial charge in [-0.15, -0.1) is 0 Å². The number of nitrogens with zero attached hydrogens (tertiary/aromatic N) is 4. The zero-order valence-corrected chi connectivity index (χ0v) is 20.0. The number of anilines is 1. The first-order valence-corrected chi connectivity index (χ1v) is 11.3. The minimum atomic E-state index is -0.344.